The van der Waals surface area contributed by atoms with Crippen LogP contribution in [0.4, 0.5) is 0 Å². The van der Waals surface area contributed by atoms with Crippen molar-refractivity contribution in [1.82, 2.24) is 0 Å². The van der Waals surface area contributed by atoms with E-state index >= 15 is 0 Å². The summed E-state index contributed by atoms with van der Waals surface area (Å²) in [7, 11) is 0. The second-order valence-electron chi connectivity index (χ2n) is 6.01. The Morgan fingerprint density at radius 2 is 2.26 bits per heavy atom. The van der Waals surface area contributed by atoms with E-state index in [0.717, 1.165) is 28.6 Å². The zero-order valence-electron chi connectivity index (χ0n) is 11.5. The van der Waals surface area contributed by atoms with Crippen molar-refractivity contribution in [2.24, 2.45) is 11.7 Å². The minimum Gasteiger partial charge on any atom is -0.487 e. The molecule has 3 rings (SSSR count). The Hall–Kier alpha value is -0.540. The maximum atomic E-state index is 6.49. The Balaban J connectivity index is 1.97. The summed E-state index contributed by atoms with van der Waals surface area (Å²) in [5.74, 6) is 1.66. The van der Waals surface area contributed by atoms with Gasteiger partial charge in [0.2, 0.25) is 0 Å². The molecule has 1 saturated carbocycles. The molecule has 3 atom stereocenters. The number of hydrogen-bond donors (Lipinski definition) is 1. The van der Waals surface area contributed by atoms with Crippen molar-refractivity contribution in [3.05, 3.63) is 28.2 Å². The highest BCUT2D eigenvalue weighted by Crippen LogP contribution is 2.49. The van der Waals surface area contributed by atoms with Gasteiger partial charge in [0.1, 0.15) is 11.4 Å². The lowest BCUT2D eigenvalue weighted by Gasteiger charge is -2.48. The van der Waals surface area contributed by atoms with Gasteiger partial charge in [-0.2, -0.15) is 0 Å². The van der Waals surface area contributed by atoms with Crippen molar-refractivity contribution < 1.29 is 4.74 Å². The lowest BCUT2D eigenvalue weighted by Crippen LogP contribution is -2.50. The Kier molecular flexibility index (Phi) is 3.61. The third kappa shape index (κ3) is 2.31. The molecule has 2 unspecified atom stereocenters. The quantitative estimate of drug-likeness (QED) is 0.821. The fraction of sp³-hybridized carbons (Fsp3) is 0.625. The van der Waals surface area contributed by atoms with Gasteiger partial charge in [-0.15, -0.1) is 0 Å². The topological polar surface area (TPSA) is 35.2 Å². The SMILES string of the molecule is CCC1CCCCC12C[C@H](N)c1cc(Br)ccc1O2. The minimum absolute atomic E-state index is 0.00670. The zero-order valence-corrected chi connectivity index (χ0v) is 13.1. The molecule has 2 aliphatic rings. The number of nitrogens with two attached hydrogens (primary N) is 1. The van der Waals surface area contributed by atoms with E-state index in [2.05, 4.69) is 35.0 Å². The zero-order chi connectivity index (χ0) is 13.5. The first kappa shape index (κ1) is 13.4. The number of rotatable bonds is 1. The van der Waals surface area contributed by atoms with Gasteiger partial charge in [-0.1, -0.05) is 29.3 Å². The van der Waals surface area contributed by atoms with E-state index < -0.39 is 0 Å². The van der Waals surface area contributed by atoms with Gasteiger partial charge in [0.25, 0.3) is 0 Å². The number of fused-ring (bicyclic) bond motifs is 1. The summed E-state index contributed by atoms with van der Waals surface area (Å²) in [6, 6.07) is 6.33. The summed E-state index contributed by atoms with van der Waals surface area (Å²) in [6.45, 7) is 2.28. The van der Waals surface area contributed by atoms with Gasteiger partial charge in [0, 0.05) is 22.5 Å². The van der Waals surface area contributed by atoms with E-state index in [-0.39, 0.29) is 11.6 Å². The second-order valence-corrected chi connectivity index (χ2v) is 6.93. The molecule has 2 nitrogen and oxygen atoms in total. The predicted octanol–water partition coefficient (Wildman–Crippen LogP) is 4.57. The lowest BCUT2D eigenvalue weighted by molar-refractivity contribution is -0.0490. The molecule has 1 aromatic rings. The molecule has 1 aromatic carbocycles. The third-order valence-electron chi connectivity index (χ3n) is 4.89. The van der Waals surface area contributed by atoms with Crippen molar-refractivity contribution >= 4 is 15.9 Å². The van der Waals surface area contributed by atoms with Crippen LogP contribution < -0.4 is 10.5 Å². The molecule has 19 heavy (non-hydrogen) atoms. The first-order chi connectivity index (χ1) is 9.14. The standard InChI is InChI=1S/C16H22BrNO/c1-2-11-5-3-4-8-16(11)10-14(18)13-9-12(17)6-7-15(13)19-16/h6-7,9,11,14H,2-5,8,10,18H2,1H3/t11?,14-,16?/m0/s1. The molecule has 104 valence electrons. The third-order valence-corrected chi connectivity index (χ3v) is 5.38. The molecule has 0 amide bonds. The van der Waals surface area contributed by atoms with Crippen LogP contribution in [0.3, 0.4) is 0 Å². The Morgan fingerprint density at radius 1 is 1.42 bits per heavy atom. The summed E-state index contributed by atoms with van der Waals surface area (Å²) in [5.41, 5.74) is 7.58. The van der Waals surface area contributed by atoms with Crippen LogP contribution in [0, 0.1) is 5.92 Å². The van der Waals surface area contributed by atoms with Crippen LogP contribution in [-0.4, -0.2) is 5.60 Å². The highest BCUT2D eigenvalue weighted by atomic mass is 79.9. The molecular weight excluding hydrogens is 302 g/mol. The predicted molar refractivity (Wildman–Crippen MR) is 81.3 cm³/mol. The number of ether oxygens (including phenoxy) is 1. The van der Waals surface area contributed by atoms with Gasteiger partial charge in [-0.05, 0) is 49.8 Å². The Bertz CT molecular complexity index is 476. The molecule has 0 bridgehead atoms. The van der Waals surface area contributed by atoms with Crippen molar-refractivity contribution in [2.75, 3.05) is 0 Å². The molecule has 2 N–H and O–H groups in total. The monoisotopic (exact) mass is 323 g/mol. The van der Waals surface area contributed by atoms with Crippen LogP contribution >= 0.6 is 15.9 Å². The molecule has 1 fully saturated rings. The van der Waals surface area contributed by atoms with Crippen LogP contribution in [0.1, 0.15) is 57.1 Å². The van der Waals surface area contributed by atoms with E-state index in [1.54, 1.807) is 0 Å². The van der Waals surface area contributed by atoms with Gasteiger partial charge in [0.15, 0.2) is 0 Å². The maximum absolute atomic E-state index is 6.49. The summed E-state index contributed by atoms with van der Waals surface area (Å²) in [6.07, 6.45) is 7.22. The van der Waals surface area contributed by atoms with Crippen LogP contribution in [0.25, 0.3) is 0 Å². The smallest absolute Gasteiger partial charge is 0.125 e. The van der Waals surface area contributed by atoms with Gasteiger partial charge in [-0.3, -0.25) is 0 Å². The van der Waals surface area contributed by atoms with Gasteiger partial charge >= 0.3 is 0 Å². The van der Waals surface area contributed by atoms with E-state index in [1.807, 2.05) is 6.07 Å². The number of benzene rings is 1. The molecule has 1 spiro atoms. The first-order valence-corrected chi connectivity index (χ1v) is 8.18. The molecule has 1 aliphatic heterocycles. The normalized spacial score (nSPS) is 33.8. The van der Waals surface area contributed by atoms with Crippen LogP contribution in [0.15, 0.2) is 22.7 Å². The molecule has 1 heterocycles. The largest absolute Gasteiger partial charge is 0.487 e. The average molecular weight is 324 g/mol. The van der Waals surface area contributed by atoms with Crippen molar-refractivity contribution in [3.63, 3.8) is 0 Å². The fourth-order valence-electron chi connectivity index (χ4n) is 3.91. The lowest BCUT2D eigenvalue weighted by atomic mass is 9.69. The van der Waals surface area contributed by atoms with E-state index in [1.165, 1.54) is 25.7 Å². The molecule has 1 aliphatic carbocycles. The molecular formula is C16H22BrNO. The van der Waals surface area contributed by atoms with Crippen molar-refractivity contribution in [1.29, 1.82) is 0 Å². The molecule has 3 heteroatoms. The number of hydrogen-bond acceptors (Lipinski definition) is 2. The summed E-state index contributed by atoms with van der Waals surface area (Å²) in [4.78, 5) is 0. The molecule has 0 aromatic heterocycles. The molecule has 0 radical (unpaired) electrons. The summed E-state index contributed by atoms with van der Waals surface area (Å²) in [5, 5.41) is 0. The van der Waals surface area contributed by atoms with E-state index in [0.29, 0.717) is 5.92 Å². The van der Waals surface area contributed by atoms with Crippen LogP contribution in [-0.2, 0) is 0 Å². The van der Waals surface area contributed by atoms with Crippen molar-refractivity contribution in [3.8, 4) is 5.75 Å². The van der Waals surface area contributed by atoms with Gasteiger partial charge in [0.05, 0.1) is 0 Å². The van der Waals surface area contributed by atoms with E-state index in [9.17, 15) is 0 Å². The Morgan fingerprint density at radius 3 is 3.05 bits per heavy atom. The highest BCUT2D eigenvalue weighted by Gasteiger charge is 2.46. The fourth-order valence-corrected chi connectivity index (χ4v) is 4.29. The van der Waals surface area contributed by atoms with E-state index in [4.69, 9.17) is 10.5 Å². The average Bonchev–Trinajstić information content (AvgIpc) is 2.40. The van der Waals surface area contributed by atoms with Crippen LogP contribution in [0.2, 0.25) is 0 Å². The Labute approximate surface area is 123 Å². The van der Waals surface area contributed by atoms with Crippen molar-refractivity contribution in [2.45, 2.75) is 57.1 Å². The second kappa shape index (κ2) is 5.10. The van der Waals surface area contributed by atoms with Crippen LogP contribution in [0.5, 0.6) is 5.75 Å². The summed E-state index contributed by atoms with van der Waals surface area (Å²) < 4.78 is 7.57. The summed E-state index contributed by atoms with van der Waals surface area (Å²) >= 11 is 3.52. The molecule has 0 saturated heterocycles. The number of halogens is 1. The van der Waals surface area contributed by atoms with Gasteiger partial charge < -0.3 is 10.5 Å². The van der Waals surface area contributed by atoms with Gasteiger partial charge in [-0.25, -0.2) is 0 Å². The highest BCUT2D eigenvalue weighted by molar-refractivity contribution is 9.10. The minimum atomic E-state index is -0.00670. The first-order valence-electron chi connectivity index (χ1n) is 7.38. The maximum Gasteiger partial charge on any atom is 0.125 e.